The number of amides is 1. The van der Waals surface area contributed by atoms with E-state index in [2.05, 4.69) is 10.5 Å². The van der Waals surface area contributed by atoms with Crippen LogP contribution in [0.3, 0.4) is 0 Å². The number of nitrogens with zero attached hydrogens (tertiary/aromatic N) is 1. The third-order valence-electron chi connectivity index (χ3n) is 4.46. The predicted molar refractivity (Wildman–Crippen MR) is 126 cm³/mol. The maximum atomic E-state index is 12.3. The maximum Gasteiger partial charge on any atom is 0.343 e. The summed E-state index contributed by atoms with van der Waals surface area (Å²) >= 11 is 0. The molecule has 1 N–H and O–H groups in total. The van der Waals surface area contributed by atoms with Gasteiger partial charge in [0.25, 0.3) is 5.91 Å². The topological polar surface area (TPSA) is 86.2 Å². The highest BCUT2D eigenvalue weighted by atomic mass is 16.5. The van der Waals surface area contributed by atoms with E-state index in [4.69, 9.17) is 14.2 Å². The zero-order chi connectivity index (χ0) is 23.5. The van der Waals surface area contributed by atoms with Gasteiger partial charge in [-0.25, -0.2) is 10.2 Å². The van der Waals surface area contributed by atoms with Gasteiger partial charge in [-0.2, -0.15) is 5.10 Å². The first-order valence-corrected chi connectivity index (χ1v) is 10.7. The molecule has 0 unspecified atom stereocenters. The maximum absolute atomic E-state index is 12.3. The van der Waals surface area contributed by atoms with Gasteiger partial charge >= 0.3 is 5.97 Å². The van der Waals surface area contributed by atoms with Crippen molar-refractivity contribution in [3.05, 3.63) is 89.5 Å². The Kier molecular flexibility index (Phi) is 8.59. The summed E-state index contributed by atoms with van der Waals surface area (Å²) in [6, 6.07) is 20.4. The fourth-order valence-corrected chi connectivity index (χ4v) is 2.79. The van der Waals surface area contributed by atoms with E-state index in [0.717, 1.165) is 17.7 Å². The lowest BCUT2D eigenvalue weighted by Crippen LogP contribution is -2.17. The van der Waals surface area contributed by atoms with E-state index >= 15 is 0 Å². The third-order valence-corrected chi connectivity index (χ3v) is 4.46. The Morgan fingerprint density at radius 2 is 1.36 bits per heavy atom. The third kappa shape index (κ3) is 7.21. The second-order valence-electron chi connectivity index (χ2n) is 6.99. The van der Waals surface area contributed by atoms with Crippen molar-refractivity contribution in [2.24, 2.45) is 5.10 Å². The fourth-order valence-electron chi connectivity index (χ4n) is 2.79. The average Bonchev–Trinajstić information content (AvgIpc) is 2.84. The van der Waals surface area contributed by atoms with Gasteiger partial charge < -0.3 is 14.2 Å². The first-order chi connectivity index (χ1) is 16.1. The van der Waals surface area contributed by atoms with Crippen LogP contribution in [0, 0.1) is 0 Å². The first-order valence-electron chi connectivity index (χ1n) is 10.7. The molecular formula is C26H26N2O5. The van der Waals surface area contributed by atoms with Crippen LogP contribution in [0.1, 0.15) is 46.5 Å². The molecule has 0 aliphatic carbocycles. The fraction of sp³-hybridized carbons (Fsp3) is 0.192. The largest absolute Gasteiger partial charge is 0.494 e. The molecule has 0 atom stereocenters. The van der Waals surface area contributed by atoms with E-state index in [1.54, 1.807) is 72.8 Å². The van der Waals surface area contributed by atoms with Crippen molar-refractivity contribution in [2.45, 2.75) is 20.3 Å². The standard InChI is InChI=1S/C26H26N2O5/c1-3-17-32-23-13-7-20(8-14-23)25(29)28-27-18-19-5-11-24(12-6-19)33-26(30)21-9-15-22(16-10-21)31-4-2/h5-16,18H,3-4,17H2,1-2H3,(H,28,29)/b27-18-. The normalized spacial score (nSPS) is 10.6. The molecule has 33 heavy (non-hydrogen) atoms. The van der Waals surface area contributed by atoms with Gasteiger partial charge in [-0.15, -0.1) is 0 Å². The molecule has 0 aromatic heterocycles. The zero-order valence-electron chi connectivity index (χ0n) is 18.6. The van der Waals surface area contributed by atoms with Crippen LogP contribution >= 0.6 is 0 Å². The summed E-state index contributed by atoms with van der Waals surface area (Å²) in [7, 11) is 0. The number of hydrazone groups is 1. The van der Waals surface area contributed by atoms with E-state index in [1.165, 1.54) is 6.21 Å². The molecule has 7 heteroatoms. The highest BCUT2D eigenvalue weighted by Gasteiger charge is 2.09. The number of rotatable bonds is 10. The molecule has 0 saturated carbocycles. The first kappa shape index (κ1) is 23.5. The van der Waals surface area contributed by atoms with E-state index in [-0.39, 0.29) is 5.91 Å². The van der Waals surface area contributed by atoms with Gasteiger partial charge in [0.1, 0.15) is 17.2 Å². The minimum atomic E-state index is -0.460. The molecule has 0 aliphatic heterocycles. The molecule has 170 valence electrons. The Hall–Kier alpha value is -4.13. The summed E-state index contributed by atoms with van der Waals surface area (Å²) in [5.74, 6) is 1.04. The Bertz CT molecular complexity index is 1080. The lowest BCUT2D eigenvalue weighted by molar-refractivity contribution is 0.0734. The average molecular weight is 447 g/mol. The lowest BCUT2D eigenvalue weighted by atomic mass is 10.2. The number of esters is 1. The number of carbonyl (C=O) groups excluding carboxylic acids is 2. The van der Waals surface area contributed by atoms with Gasteiger partial charge in [-0.1, -0.05) is 6.92 Å². The van der Waals surface area contributed by atoms with E-state index in [9.17, 15) is 9.59 Å². The number of hydrogen-bond donors (Lipinski definition) is 1. The molecular weight excluding hydrogens is 420 g/mol. The second kappa shape index (κ2) is 12.0. The van der Waals surface area contributed by atoms with Gasteiger partial charge in [0.05, 0.1) is 25.0 Å². The molecule has 3 aromatic rings. The number of nitrogens with one attached hydrogen (secondary N) is 1. The van der Waals surface area contributed by atoms with Crippen LogP contribution in [-0.4, -0.2) is 31.3 Å². The minimum absolute atomic E-state index is 0.325. The molecule has 0 spiro atoms. The number of benzene rings is 3. The van der Waals surface area contributed by atoms with Gasteiger partial charge in [-0.05, 0) is 91.7 Å². The number of ether oxygens (including phenoxy) is 3. The van der Waals surface area contributed by atoms with Gasteiger partial charge in [0.15, 0.2) is 0 Å². The highest BCUT2D eigenvalue weighted by molar-refractivity contribution is 5.95. The lowest BCUT2D eigenvalue weighted by Gasteiger charge is -2.06. The minimum Gasteiger partial charge on any atom is -0.494 e. The van der Waals surface area contributed by atoms with Crippen LogP contribution < -0.4 is 19.6 Å². The number of hydrogen-bond acceptors (Lipinski definition) is 6. The highest BCUT2D eigenvalue weighted by Crippen LogP contribution is 2.16. The summed E-state index contributed by atoms with van der Waals surface area (Å²) < 4.78 is 16.3. The zero-order valence-corrected chi connectivity index (χ0v) is 18.6. The Morgan fingerprint density at radius 1 is 0.788 bits per heavy atom. The molecule has 0 fully saturated rings. The Morgan fingerprint density at radius 3 is 1.97 bits per heavy atom. The monoisotopic (exact) mass is 446 g/mol. The van der Waals surface area contributed by atoms with Crippen LogP contribution in [0.2, 0.25) is 0 Å². The SMILES string of the molecule is CCCOc1ccc(C(=O)N/N=C\c2ccc(OC(=O)c3ccc(OCC)cc3)cc2)cc1. The van der Waals surface area contributed by atoms with Crippen molar-refractivity contribution in [2.75, 3.05) is 13.2 Å². The molecule has 3 rings (SSSR count). The van der Waals surface area contributed by atoms with Crippen molar-refractivity contribution in [3.63, 3.8) is 0 Å². The summed E-state index contributed by atoms with van der Waals surface area (Å²) in [6.07, 6.45) is 2.43. The summed E-state index contributed by atoms with van der Waals surface area (Å²) in [4.78, 5) is 24.5. The summed E-state index contributed by atoms with van der Waals surface area (Å²) in [5.41, 5.74) is 4.13. The Labute approximate surface area is 193 Å². The molecule has 0 heterocycles. The molecule has 0 bridgehead atoms. The molecule has 0 saturated heterocycles. The van der Waals surface area contributed by atoms with Crippen LogP contribution in [0.15, 0.2) is 77.9 Å². The van der Waals surface area contributed by atoms with Crippen LogP contribution in [0.25, 0.3) is 0 Å². The number of carbonyl (C=O) groups is 2. The molecule has 1 amide bonds. The van der Waals surface area contributed by atoms with Crippen LogP contribution in [0.5, 0.6) is 17.2 Å². The van der Waals surface area contributed by atoms with Gasteiger partial charge in [0.2, 0.25) is 0 Å². The van der Waals surface area contributed by atoms with Crippen molar-refractivity contribution >= 4 is 18.1 Å². The van der Waals surface area contributed by atoms with Crippen LogP contribution in [0.4, 0.5) is 0 Å². The molecule has 3 aromatic carbocycles. The van der Waals surface area contributed by atoms with Crippen molar-refractivity contribution in [3.8, 4) is 17.2 Å². The summed E-state index contributed by atoms with van der Waals surface area (Å²) in [6.45, 7) is 5.12. The van der Waals surface area contributed by atoms with E-state index in [0.29, 0.717) is 35.8 Å². The van der Waals surface area contributed by atoms with Gasteiger partial charge in [-0.3, -0.25) is 4.79 Å². The van der Waals surface area contributed by atoms with Crippen molar-refractivity contribution in [1.82, 2.24) is 5.43 Å². The van der Waals surface area contributed by atoms with Gasteiger partial charge in [0, 0.05) is 5.56 Å². The molecule has 7 nitrogen and oxygen atoms in total. The van der Waals surface area contributed by atoms with Crippen molar-refractivity contribution < 1.29 is 23.8 Å². The van der Waals surface area contributed by atoms with Crippen molar-refractivity contribution in [1.29, 1.82) is 0 Å². The summed E-state index contributed by atoms with van der Waals surface area (Å²) in [5, 5.41) is 3.98. The van der Waals surface area contributed by atoms with E-state index < -0.39 is 5.97 Å². The van der Waals surface area contributed by atoms with Crippen LogP contribution in [-0.2, 0) is 0 Å². The van der Waals surface area contributed by atoms with E-state index in [1.807, 2.05) is 13.8 Å². The second-order valence-corrected chi connectivity index (χ2v) is 6.99. The predicted octanol–water partition coefficient (Wildman–Crippen LogP) is 4.86. The quantitative estimate of drug-likeness (QED) is 0.208. The Balaban J connectivity index is 1.50. The smallest absolute Gasteiger partial charge is 0.343 e. The molecule has 0 radical (unpaired) electrons. The molecule has 0 aliphatic rings.